The highest BCUT2D eigenvalue weighted by Gasteiger charge is 2.07. The van der Waals surface area contributed by atoms with Gasteiger partial charge in [-0.1, -0.05) is 23.7 Å². The van der Waals surface area contributed by atoms with Crippen LogP contribution in [0.1, 0.15) is 12.5 Å². The number of nitriles is 1. The minimum Gasteiger partial charge on any atom is -0.483 e. The highest BCUT2D eigenvalue weighted by molar-refractivity contribution is 6.30. The summed E-state index contributed by atoms with van der Waals surface area (Å²) in [6, 6.07) is 12.8. The van der Waals surface area contributed by atoms with Gasteiger partial charge in [-0.2, -0.15) is 5.26 Å². The third-order valence-corrected chi connectivity index (χ3v) is 3.19. The molecule has 2 rings (SSSR count). The van der Waals surface area contributed by atoms with Gasteiger partial charge in [0.2, 0.25) is 0 Å². The zero-order valence-corrected chi connectivity index (χ0v) is 12.4. The lowest BCUT2D eigenvalue weighted by molar-refractivity contribution is 0.298. The van der Waals surface area contributed by atoms with Crippen molar-refractivity contribution in [2.75, 3.05) is 0 Å². The van der Waals surface area contributed by atoms with E-state index in [-0.39, 0.29) is 23.8 Å². The summed E-state index contributed by atoms with van der Waals surface area (Å²) in [5.74, 6) is 0.0356. The van der Waals surface area contributed by atoms with Crippen molar-refractivity contribution >= 4 is 11.6 Å². The maximum absolute atomic E-state index is 12.2. The Morgan fingerprint density at radius 3 is 2.90 bits per heavy atom. The third kappa shape index (κ3) is 4.11. The molecule has 0 radical (unpaired) electrons. The van der Waals surface area contributed by atoms with Crippen molar-refractivity contribution in [1.29, 1.82) is 5.26 Å². The van der Waals surface area contributed by atoms with E-state index in [9.17, 15) is 4.79 Å². The summed E-state index contributed by atoms with van der Waals surface area (Å²) >= 11 is 5.90. The SMILES string of the molecule is CC(C#N)Cn1cccc(OCc2cccc(Cl)c2)c1=O. The first-order valence-electron chi connectivity index (χ1n) is 6.56. The van der Waals surface area contributed by atoms with Gasteiger partial charge >= 0.3 is 0 Å². The van der Waals surface area contributed by atoms with Gasteiger partial charge in [-0.15, -0.1) is 0 Å². The van der Waals surface area contributed by atoms with Gasteiger partial charge in [0, 0.05) is 17.8 Å². The summed E-state index contributed by atoms with van der Waals surface area (Å²) in [4.78, 5) is 12.2. The van der Waals surface area contributed by atoms with Crippen molar-refractivity contribution in [2.24, 2.45) is 5.92 Å². The molecule has 0 aliphatic carbocycles. The van der Waals surface area contributed by atoms with Crippen LogP contribution in [0.5, 0.6) is 5.75 Å². The summed E-state index contributed by atoms with van der Waals surface area (Å²) in [7, 11) is 0. The van der Waals surface area contributed by atoms with Crippen molar-refractivity contribution in [2.45, 2.75) is 20.1 Å². The zero-order valence-electron chi connectivity index (χ0n) is 11.6. The minimum absolute atomic E-state index is 0.231. The van der Waals surface area contributed by atoms with Crippen molar-refractivity contribution < 1.29 is 4.74 Å². The van der Waals surface area contributed by atoms with Crippen LogP contribution in [0.3, 0.4) is 0 Å². The van der Waals surface area contributed by atoms with Crippen LogP contribution in [0.2, 0.25) is 5.02 Å². The maximum atomic E-state index is 12.2. The topological polar surface area (TPSA) is 55.0 Å². The van der Waals surface area contributed by atoms with E-state index in [2.05, 4.69) is 6.07 Å². The van der Waals surface area contributed by atoms with Crippen LogP contribution in [0.25, 0.3) is 0 Å². The smallest absolute Gasteiger partial charge is 0.292 e. The van der Waals surface area contributed by atoms with E-state index in [0.29, 0.717) is 11.6 Å². The molecule has 0 saturated carbocycles. The standard InChI is InChI=1S/C16H15ClN2O2/c1-12(9-18)10-19-7-3-6-15(16(19)20)21-11-13-4-2-5-14(17)8-13/h2-8,12H,10-11H2,1H3. The normalized spacial score (nSPS) is 11.7. The highest BCUT2D eigenvalue weighted by Crippen LogP contribution is 2.13. The highest BCUT2D eigenvalue weighted by atomic mass is 35.5. The summed E-state index contributed by atoms with van der Waals surface area (Å²) in [5, 5.41) is 9.45. The summed E-state index contributed by atoms with van der Waals surface area (Å²) in [6.45, 7) is 2.39. The van der Waals surface area contributed by atoms with E-state index in [4.69, 9.17) is 21.6 Å². The number of benzene rings is 1. The van der Waals surface area contributed by atoms with Gasteiger partial charge in [-0.25, -0.2) is 0 Å². The molecule has 0 N–H and O–H groups in total. The molecule has 1 unspecified atom stereocenters. The van der Waals surface area contributed by atoms with Crippen molar-refractivity contribution in [3.8, 4) is 11.8 Å². The molecule has 0 amide bonds. The first-order chi connectivity index (χ1) is 10.1. The molecule has 4 nitrogen and oxygen atoms in total. The number of halogens is 1. The number of ether oxygens (including phenoxy) is 1. The van der Waals surface area contributed by atoms with E-state index >= 15 is 0 Å². The van der Waals surface area contributed by atoms with E-state index in [1.807, 2.05) is 12.1 Å². The lowest BCUT2D eigenvalue weighted by Gasteiger charge is -2.10. The number of rotatable bonds is 5. The fraction of sp³-hybridized carbons (Fsp3) is 0.250. The Bertz CT molecular complexity index is 719. The first-order valence-corrected chi connectivity index (χ1v) is 6.94. The second-order valence-corrected chi connectivity index (χ2v) is 5.22. The summed E-state index contributed by atoms with van der Waals surface area (Å²) in [6.07, 6.45) is 1.66. The van der Waals surface area contributed by atoms with E-state index < -0.39 is 0 Å². The molecule has 0 saturated heterocycles. The number of nitrogens with zero attached hydrogens (tertiary/aromatic N) is 2. The van der Waals surface area contributed by atoms with Crippen molar-refractivity contribution in [1.82, 2.24) is 4.57 Å². The van der Waals surface area contributed by atoms with Gasteiger partial charge in [0.25, 0.3) is 5.56 Å². The second-order valence-electron chi connectivity index (χ2n) is 4.78. The van der Waals surface area contributed by atoms with Gasteiger partial charge in [0.05, 0.1) is 12.0 Å². The fourth-order valence-electron chi connectivity index (χ4n) is 1.89. The molecule has 0 spiro atoms. The van der Waals surface area contributed by atoms with Crippen LogP contribution in [0.15, 0.2) is 47.4 Å². The number of pyridine rings is 1. The fourth-order valence-corrected chi connectivity index (χ4v) is 2.11. The predicted octanol–water partition coefficient (Wildman–Crippen LogP) is 3.24. The van der Waals surface area contributed by atoms with Crippen LogP contribution in [0.4, 0.5) is 0 Å². The molecule has 0 aliphatic heterocycles. The molecule has 5 heteroatoms. The average Bonchev–Trinajstić information content (AvgIpc) is 2.48. The molecule has 1 atom stereocenters. The van der Waals surface area contributed by atoms with Gasteiger partial charge in [-0.3, -0.25) is 4.79 Å². The predicted molar refractivity (Wildman–Crippen MR) is 81.3 cm³/mol. The van der Waals surface area contributed by atoms with Gasteiger partial charge in [-0.05, 0) is 36.8 Å². The Kier molecular flexibility index (Phi) is 5.02. The second kappa shape index (κ2) is 6.96. The number of hydrogen-bond acceptors (Lipinski definition) is 3. The van der Waals surface area contributed by atoms with Gasteiger partial charge in [0.15, 0.2) is 5.75 Å². The van der Waals surface area contributed by atoms with Gasteiger partial charge < -0.3 is 9.30 Å². The van der Waals surface area contributed by atoms with Gasteiger partial charge in [0.1, 0.15) is 6.61 Å². The Hall–Kier alpha value is -2.25. The Morgan fingerprint density at radius 1 is 1.38 bits per heavy atom. The molecule has 1 aromatic heterocycles. The molecule has 0 aliphatic rings. The van der Waals surface area contributed by atoms with Crippen LogP contribution >= 0.6 is 11.6 Å². The van der Waals surface area contributed by atoms with Crippen molar-refractivity contribution in [3.63, 3.8) is 0 Å². The Balaban J connectivity index is 2.12. The van der Waals surface area contributed by atoms with E-state index in [0.717, 1.165) is 5.56 Å². The van der Waals surface area contributed by atoms with Crippen LogP contribution < -0.4 is 10.3 Å². The minimum atomic E-state index is -0.235. The number of aromatic nitrogens is 1. The monoisotopic (exact) mass is 302 g/mol. The zero-order chi connectivity index (χ0) is 15.2. The molecule has 1 aromatic carbocycles. The summed E-state index contributed by atoms with van der Waals surface area (Å²) in [5.41, 5.74) is 0.657. The molecule has 0 bridgehead atoms. The number of hydrogen-bond donors (Lipinski definition) is 0. The van der Waals surface area contributed by atoms with Crippen molar-refractivity contribution in [3.05, 3.63) is 63.5 Å². The largest absolute Gasteiger partial charge is 0.483 e. The van der Waals surface area contributed by atoms with Crippen LogP contribution in [-0.2, 0) is 13.2 Å². The Labute approximate surface area is 128 Å². The quantitative estimate of drug-likeness (QED) is 0.852. The lowest BCUT2D eigenvalue weighted by atomic mass is 10.2. The molecule has 2 aromatic rings. The molecule has 1 heterocycles. The average molecular weight is 303 g/mol. The van der Waals surface area contributed by atoms with E-state index in [1.165, 1.54) is 4.57 Å². The third-order valence-electron chi connectivity index (χ3n) is 2.96. The Morgan fingerprint density at radius 2 is 2.19 bits per heavy atom. The lowest BCUT2D eigenvalue weighted by Crippen LogP contribution is -2.23. The molecule has 21 heavy (non-hydrogen) atoms. The van der Waals surface area contributed by atoms with Crippen LogP contribution in [0, 0.1) is 17.2 Å². The molecular weight excluding hydrogens is 288 g/mol. The first kappa shape index (κ1) is 15.1. The maximum Gasteiger partial charge on any atom is 0.292 e. The molecule has 108 valence electrons. The summed E-state index contributed by atoms with van der Waals surface area (Å²) < 4.78 is 7.05. The molecule has 0 fully saturated rings. The van der Waals surface area contributed by atoms with E-state index in [1.54, 1.807) is 37.4 Å². The molecular formula is C16H15ClN2O2. The van der Waals surface area contributed by atoms with Crippen LogP contribution in [-0.4, -0.2) is 4.57 Å².